The Morgan fingerprint density at radius 2 is 2.05 bits per heavy atom. The van der Waals surface area contributed by atoms with Crippen LogP contribution in [0.3, 0.4) is 0 Å². The van der Waals surface area contributed by atoms with Gasteiger partial charge >= 0.3 is 0 Å². The number of phenolic OH excluding ortho intramolecular Hbond substituents is 1. The summed E-state index contributed by atoms with van der Waals surface area (Å²) in [6.45, 7) is 0. The molecular weight excluding hydrogens is 355 g/mol. The third-order valence-electron chi connectivity index (χ3n) is 2.26. The third-order valence-corrected chi connectivity index (χ3v) is 3.63. The molecule has 1 aromatic heterocycles. The van der Waals surface area contributed by atoms with Crippen LogP contribution >= 0.6 is 39.1 Å². The second-order valence-corrected chi connectivity index (χ2v) is 5.26. The molecule has 1 aromatic carbocycles. The fourth-order valence-corrected chi connectivity index (χ4v) is 2.00. The zero-order valence-electron chi connectivity index (χ0n) is 9.32. The summed E-state index contributed by atoms with van der Waals surface area (Å²) in [6, 6.07) is 5.83. The molecule has 0 spiro atoms. The van der Waals surface area contributed by atoms with E-state index in [2.05, 4.69) is 26.2 Å². The van der Waals surface area contributed by atoms with Crippen LogP contribution in [0.2, 0.25) is 10.2 Å². The van der Waals surface area contributed by atoms with Crippen LogP contribution in [-0.4, -0.2) is 16.0 Å². The quantitative estimate of drug-likeness (QED) is 0.791. The summed E-state index contributed by atoms with van der Waals surface area (Å²) < 4.78 is 0.558. The molecule has 2 N–H and O–H groups in total. The highest BCUT2D eigenvalue weighted by atomic mass is 79.9. The van der Waals surface area contributed by atoms with Gasteiger partial charge in [0.05, 0.1) is 21.9 Å². The summed E-state index contributed by atoms with van der Waals surface area (Å²) >= 11 is 14.7. The van der Waals surface area contributed by atoms with Crippen molar-refractivity contribution < 1.29 is 9.90 Å². The first kappa shape index (κ1) is 14.1. The number of amides is 1. The molecule has 2 rings (SSSR count). The number of rotatable bonds is 2. The average molecular weight is 362 g/mol. The van der Waals surface area contributed by atoms with Gasteiger partial charge in [0.15, 0.2) is 0 Å². The summed E-state index contributed by atoms with van der Waals surface area (Å²) in [5.74, 6) is -0.640. The van der Waals surface area contributed by atoms with Crippen molar-refractivity contribution >= 4 is 50.7 Å². The van der Waals surface area contributed by atoms with E-state index < -0.39 is 5.91 Å². The highest BCUT2D eigenvalue weighted by molar-refractivity contribution is 9.10. The van der Waals surface area contributed by atoms with Gasteiger partial charge in [-0.2, -0.15) is 0 Å². The molecule has 0 aliphatic carbocycles. The van der Waals surface area contributed by atoms with Gasteiger partial charge in [0.25, 0.3) is 5.91 Å². The summed E-state index contributed by atoms with van der Waals surface area (Å²) in [6.07, 6.45) is 1.41. The molecule has 1 amide bonds. The fraction of sp³-hybridized carbons (Fsp3) is 0. The summed E-state index contributed by atoms with van der Waals surface area (Å²) in [4.78, 5) is 15.9. The van der Waals surface area contributed by atoms with E-state index in [-0.39, 0.29) is 11.3 Å². The predicted molar refractivity (Wildman–Crippen MR) is 78.0 cm³/mol. The number of anilines is 1. The number of benzene rings is 1. The lowest BCUT2D eigenvalue weighted by Crippen LogP contribution is -2.12. The standard InChI is InChI=1S/C12H7BrCl2N2O2/c13-9-4-7(5-16-11(9)15)17-12(19)8-3-6(14)1-2-10(8)18/h1-5,18H,(H,17,19). The molecule has 0 unspecified atom stereocenters. The number of nitrogens with zero attached hydrogens (tertiary/aromatic N) is 1. The molecule has 98 valence electrons. The van der Waals surface area contributed by atoms with Gasteiger partial charge in [0.2, 0.25) is 0 Å². The minimum atomic E-state index is -0.490. The molecule has 0 aliphatic heterocycles. The number of halogens is 3. The number of hydrogen-bond acceptors (Lipinski definition) is 3. The smallest absolute Gasteiger partial charge is 0.259 e. The monoisotopic (exact) mass is 360 g/mol. The van der Waals surface area contributed by atoms with Crippen molar-refractivity contribution in [1.82, 2.24) is 4.98 Å². The van der Waals surface area contributed by atoms with Crippen molar-refractivity contribution in [2.45, 2.75) is 0 Å². The van der Waals surface area contributed by atoms with Crippen LogP contribution in [0.5, 0.6) is 5.75 Å². The summed E-state index contributed by atoms with van der Waals surface area (Å²) in [5.41, 5.74) is 0.527. The average Bonchev–Trinajstić information content (AvgIpc) is 2.36. The van der Waals surface area contributed by atoms with Gasteiger partial charge in [-0.05, 0) is 40.2 Å². The highest BCUT2D eigenvalue weighted by Gasteiger charge is 2.12. The minimum Gasteiger partial charge on any atom is -0.507 e. The van der Waals surface area contributed by atoms with Gasteiger partial charge in [-0.25, -0.2) is 4.98 Å². The number of aromatic hydroxyl groups is 1. The Balaban J connectivity index is 2.25. The van der Waals surface area contributed by atoms with Gasteiger partial charge in [-0.1, -0.05) is 23.2 Å². The van der Waals surface area contributed by atoms with E-state index in [4.69, 9.17) is 23.2 Å². The molecule has 0 saturated carbocycles. The number of phenols is 1. The van der Waals surface area contributed by atoms with Crippen molar-refractivity contribution in [2.24, 2.45) is 0 Å². The summed E-state index contributed by atoms with van der Waals surface area (Å²) in [5, 5.41) is 12.9. The van der Waals surface area contributed by atoms with Crippen molar-refractivity contribution in [3.63, 3.8) is 0 Å². The van der Waals surface area contributed by atoms with Crippen molar-refractivity contribution in [3.8, 4) is 5.75 Å². The van der Waals surface area contributed by atoms with Gasteiger partial charge in [0, 0.05) is 5.02 Å². The van der Waals surface area contributed by atoms with Gasteiger partial charge < -0.3 is 10.4 Å². The number of nitrogens with one attached hydrogen (secondary N) is 1. The number of carbonyl (C=O) groups is 1. The van der Waals surface area contributed by atoms with Gasteiger partial charge in [-0.3, -0.25) is 4.79 Å². The van der Waals surface area contributed by atoms with Crippen LogP contribution < -0.4 is 5.32 Å². The largest absolute Gasteiger partial charge is 0.507 e. The van der Waals surface area contributed by atoms with E-state index in [1.54, 1.807) is 6.07 Å². The topological polar surface area (TPSA) is 62.2 Å². The van der Waals surface area contributed by atoms with Gasteiger partial charge in [0.1, 0.15) is 10.9 Å². The molecule has 4 nitrogen and oxygen atoms in total. The SMILES string of the molecule is O=C(Nc1cnc(Cl)c(Br)c1)c1cc(Cl)ccc1O. The molecule has 0 atom stereocenters. The number of pyridine rings is 1. The molecule has 0 saturated heterocycles. The fourth-order valence-electron chi connectivity index (χ4n) is 1.38. The third kappa shape index (κ3) is 3.37. The molecular formula is C12H7BrCl2N2O2. The lowest BCUT2D eigenvalue weighted by atomic mass is 10.2. The van der Waals surface area contributed by atoms with Crippen LogP contribution in [-0.2, 0) is 0 Å². The molecule has 2 aromatic rings. The van der Waals surface area contributed by atoms with Crippen LogP contribution in [0.1, 0.15) is 10.4 Å². The number of hydrogen-bond donors (Lipinski definition) is 2. The van der Waals surface area contributed by atoms with Gasteiger partial charge in [-0.15, -0.1) is 0 Å². The molecule has 0 bridgehead atoms. The second kappa shape index (κ2) is 5.77. The van der Waals surface area contributed by atoms with E-state index in [0.717, 1.165) is 0 Å². The Labute approximate surface area is 127 Å². The van der Waals surface area contributed by atoms with Crippen LogP contribution in [0, 0.1) is 0 Å². The minimum absolute atomic E-state index is 0.0820. The lowest BCUT2D eigenvalue weighted by Gasteiger charge is -2.07. The number of carbonyl (C=O) groups excluding carboxylic acids is 1. The zero-order chi connectivity index (χ0) is 14.0. The number of aromatic nitrogens is 1. The Kier molecular flexibility index (Phi) is 4.29. The van der Waals surface area contributed by atoms with Crippen LogP contribution in [0.15, 0.2) is 34.9 Å². The second-order valence-electron chi connectivity index (χ2n) is 3.61. The summed E-state index contributed by atoms with van der Waals surface area (Å²) in [7, 11) is 0. The van der Waals surface area contributed by atoms with Crippen molar-refractivity contribution in [2.75, 3.05) is 5.32 Å². The first-order valence-electron chi connectivity index (χ1n) is 5.08. The Hall–Kier alpha value is -1.30. The molecule has 0 fully saturated rings. The molecule has 1 heterocycles. The van der Waals surface area contributed by atoms with E-state index in [1.807, 2.05) is 0 Å². The van der Waals surface area contributed by atoms with E-state index in [1.165, 1.54) is 24.4 Å². The zero-order valence-corrected chi connectivity index (χ0v) is 12.4. The van der Waals surface area contributed by atoms with Crippen molar-refractivity contribution in [1.29, 1.82) is 0 Å². The molecule has 19 heavy (non-hydrogen) atoms. The van der Waals surface area contributed by atoms with Crippen LogP contribution in [0.25, 0.3) is 0 Å². The molecule has 0 aliphatic rings. The van der Waals surface area contributed by atoms with E-state index in [9.17, 15) is 9.90 Å². The maximum absolute atomic E-state index is 12.0. The van der Waals surface area contributed by atoms with E-state index in [0.29, 0.717) is 20.3 Å². The maximum Gasteiger partial charge on any atom is 0.259 e. The molecule has 0 radical (unpaired) electrons. The molecule has 7 heteroatoms. The Bertz CT molecular complexity index is 650. The Morgan fingerprint density at radius 3 is 2.74 bits per heavy atom. The Morgan fingerprint density at radius 1 is 1.32 bits per heavy atom. The first-order chi connectivity index (χ1) is 8.97. The first-order valence-corrected chi connectivity index (χ1v) is 6.63. The maximum atomic E-state index is 12.0. The highest BCUT2D eigenvalue weighted by Crippen LogP contribution is 2.25. The van der Waals surface area contributed by atoms with E-state index >= 15 is 0 Å². The predicted octanol–water partition coefficient (Wildman–Crippen LogP) is 4.11. The lowest BCUT2D eigenvalue weighted by molar-refractivity contribution is 0.102. The normalized spacial score (nSPS) is 10.3. The van der Waals surface area contributed by atoms with Crippen molar-refractivity contribution in [3.05, 3.63) is 50.7 Å². The van der Waals surface area contributed by atoms with Crippen LogP contribution in [0.4, 0.5) is 5.69 Å².